The fraction of sp³-hybridized carbons (Fsp3) is 0.571. The van der Waals surface area contributed by atoms with Gasteiger partial charge < -0.3 is 20.1 Å². The number of para-hydroxylation sites is 1. The summed E-state index contributed by atoms with van der Waals surface area (Å²) in [5, 5.41) is 6.88. The molecule has 0 aliphatic carbocycles. The Kier molecular flexibility index (Phi) is 5.45. The first-order valence-corrected chi connectivity index (χ1v) is 6.54. The summed E-state index contributed by atoms with van der Waals surface area (Å²) < 4.78 is 10.7. The van der Waals surface area contributed by atoms with Crippen molar-refractivity contribution in [3.05, 3.63) is 29.8 Å². The second-order valence-corrected chi connectivity index (χ2v) is 4.49. The van der Waals surface area contributed by atoms with Crippen molar-refractivity contribution >= 4 is 0 Å². The lowest BCUT2D eigenvalue weighted by molar-refractivity contribution is 0.0768. The number of nitrogens with one attached hydrogen (secondary N) is 2. The second kappa shape index (κ2) is 7.36. The summed E-state index contributed by atoms with van der Waals surface area (Å²) in [6, 6.07) is 8.61. The molecule has 1 fully saturated rings. The fourth-order valence-corrected chi connectivity index (χ4v) is 2.16. The predicted molar refractivity (Wildman–Crippen MR) is 72.2 cm³/mol. The van der Waals surface area contributed by atoms with E-state index in [1.165, 1.54) is 5.56 Å². The Morgan fingerprint density at radius 2 is 2.33 bits per heavy atom. The van der Waals surface area contributed by atoms with Gasteiger partial charge in [-0.3, -0.25) is 0 Å². The van der Waals surface area contributed by atoms with Crippen LogP contribution >= 0.6 is 0 Å². The first-order chi connectivity index (χ1) is 8.90. The zero-order chi connectivity index (χ0) is 12.6. The first kappa shape index (κ1) is 13.3. The molecule has 1 aromatic carbocycles. The van der Waals surface area contributed by atoms with E-state index in [1.807, 2.05) is 18.2 Å². The van der Waals surface area contributed by atoms with Gasteiger partial charge >= 0.3 is 0 Å². The minimum atomic E-state index is 0.441. The van der Waals surface area contributed by atoms with Crippen LogP contribution in [-0.4, -0.2) is 46.0 Å². The van der Waals surface area contributed by atoms with Gasteiger partial charge in [0.1, 0.15) is 5.75 Å². The van der Waals surface area contributed by atoms with Crippen LogP contribution < -0.4 is 15.4 Å². The van der Waals surface area contributed by atoms with E-state index in [0.29, 0.717) is 6.04 Å². The lowest BCUT2D eigenvalue weighted by atomic mass is 10.1. The first-order valence-electron chi connectivity index (χ1n) is 6.54. The standard InChI is InChI=1S/C14H22N2O2/c1-17-14-5-3-2-4-12(14)6-7-15-10-13-11-18-9-8-16-13/h2-5,13,15-16H,6-11H2,1H3. The van der Waals surface area contributed by atoms with E-state index in [-0.39, 0.29) is 0 Å². The Morgan fingerprint density at radius 3 is 3.11 bits per heavy atom. The average molecular weight is 250 g/mol. The van der Waals surface area contributed by atoms with Crippen LogP contribution in [0.2, 0.25) is 0 Å². The SMILES string of the molecule is COc1ccccc1CCNCC1COCCN1. The second-order valence-electron chi connectivity index (χ2n) is 4.49. The monoisotopic (exact) mass is 250 g/mol. The Bertz CT molecular complexity index is 351. The Labute approximate surface area is 109 Å². The molecule has 1 saturated heterocycles. The maximum absolute atomic E-state index is 5.41. The molecule has 1 aromatic rings. The number of hydrogen-bond acceptors (Lipinski definition) is 4. The molecule has 1 heterocycles. The number of hydrogen-bond donors (Lipinski definition) is 2. The smallest absolute Gasteiger partial charge is 0.122 e. The number of rotatable bonds is 6. The third kappa shape index (κ3) is 3.98. The van der Waals surface area contributed by atoms with E-state index in [2.05, 4.69) is 16.7 Å². The third-order valence-electron chi connectivity index (χ3n) is 3.15. The molecule has 2 rings (SSSR count). The van der Waals surface area contributed by atoms with Crippen molar-refractivity contribution in [2.24, 2.45) is 0 Å². The largest absolute Gasteiger partial charge is 0.496 e. The highest BCUT2D eigenvalue weighted by Crippen LogP contribution is 2.17. The quantitative estimate of drug-likeness (QED) is 0.734. The van der Waals surface area contributed by atoms with E-state index in [4.69, 9.17) is 9.47 Å². The summed E-state index contributed by atoms with van der Waals surface area (Å²) in [5.74, 6) is 0.971. The Morgan fingerprint density at radius 1 is 1.44 bits per heavy atom. The summed E-state index contributed by atoms with van der Waals surface area (Å²) in [7, 11) is 1.72. The molecule has 18 heavy (non-hydrogen) atoms. The number of benzene rings is 1. The van der Waals surface area contributed by atoms with Gasteiger partial charge in [0.25, 0.3) is 0 Å². The molecule has 100 valence electrons. The van der Waals surface area contributed by atoms with Gasteiger partial charge in [0.2, 0.25) is 0 Å². The maximum atomic E-state index is 5.41. The van der Waals surface area contributed by atoms with Crippen molar-refractivity contribution in [3.63, 3.8) is 0 Å². The number of morpholine rings is 1. The van der Waals surface area contributed by atoms with Crippen LogP contribution in [0.4, 0.5) is 0 Å². The van der Waals surface area contributed by atoms with Crippen LogP contribution in [0.15, 0.2) is 24.3 Å². The van der Waals surface area contributed by atoms with Crippen LogP contribution in [0.5, 0.6) is 5.75 Å². The predicted octanol–water partition coefficient (Wildman–Crippen LogP) is 0.816. The Hall–Kier alpha value is -1.10. The van der Waals surface area contributed by atoms with Crippen molar-refractivity contribution in [3.8, 4) is 5.75 Å². The molecule has 1 aliphatic heterocycles. The van der Waals surface area contributed by atoms with Crippen molar-refractivity contribution in [2.45, 2.75) is 12.5 Å². The van der Waals surface area contributed by atoms with Gasteiger partial charge in [0.05, 0.1) is 20.3 Å². The summed E-state index contributed by atoms with van der Waals surface area (Å²) in [4.78, 5) is 0. The number of methoxy groups -OCH3 is 1. The Balaban J connectivity index is 1.68. The average Bonchev–Trinajstić information content (AvgIpc) is 2.45. The third-order valence-corrected chi connectivity index (χ3v) is 3.15. The molecule has 0 spiro atoms. The van der Waals surface area contributed by atoms with Gasteiger partial charge in [-0.05, 0) is 24.6 Å². The van der Waals surface area contributed by atoms with E-state index in [1.54, 1.807) is 7.11 Å². The minimum Gasteiger partial charge on any atom is -0.496 e. The van der Waals surface area contributed by atoms with E-state index in [9.17, 15) is 0 Å². The zero-order valence-electron chi connectivity index (χ0n) is 10.9. The molecule has 1 aliphatic rings. The van der Waals surface area contributed by atoms with Gasteiger partial charge in [-0.25, -0.2) is 0 Å². The van der Waals surface area contributed by atoms with E-state index in [0.717, 1.165) is 45.0 Å². The highest BCUT2D eigenvalue weighted by molar-refractivity contribution is 5.33. The van der Waals surface area contributed by atoms with Crippen LogP contribution in [0.25, 0.3) is 0 Å². The summed E-state index contributed by atoms with van der Waals surface area (Å²) in [6.45, 7) is 4.51. The van der Waals surface area contributed by atoms with Crippen molar-refractivity contribution in [2.75, 3.05) is 40.0 Å². The molecule has 1 unspecified atom stereocenters. The molecule has 0 aromatic heterocycles. The maximum Gasteiger partial charge on any atom is 0.122 e. The molecule has 0 saturated carbocycles. The molecule has 0 bridgehead atoms. The molecular formula is C14H22N2O2. The molecule has 1 atom stereocenters. The zero-order valence-corrected chi connectivity index (χ0v) is 10.9. The van der Waals surface area contributed by atoms with Gasteiger partial charge in [0.15, 0.2) is 0 Å². The van der Waals surface area contributed by atoms with Gasteiger partial charge in [-0.2, -0.15) is 0 Å². The highest BCUT2D eigenvalue weighted by atomic mass is 16.5. The van der Waals surface area contributed by atoms with Gasteiger partial charge in [0, 0.05) is 19.1 Å². The molecule has 4 nitrogen and oxygen atoms in total. The highest BCUT2D eigenvalue weighted by Gasteiger charge is 2.11. The van der Waals surface area contributed by atoms with Crippen LogP contribution in [-0.2, 0) is 11.2 Å². The summed E-state index contributed by atoms with van der Waals surface area (Å²) in [6.07, 6.45) is 0.984. The van der Waals surface area contributed by atoms with Crippen LogP contribution in [0.1, 0.15) is 5.56 Å². The molecular weight excluding hydrogens is 228 g/mol. The van der Waals surface area contributed by atoms with E-state index >= 15 is 0 Å². The van der Waals surface area contributed by atoms with Crippen LogP contribution in [0, 0.1) is 0 Å². The number of ether oxygens (including phenoxy) is 2. The fourth-order valence-electron chi connectivity index (χ4n) is 2.16. The normalized spacial score (nSPS) is 19.7. The minimum absolute atomic E-state index is 0.441. The van der Waals surface area contributed by atoms with Crippen molar-refractivity contribution in [1.29, 1.82) is 0 Å². The van der Waals surface area contributed by atoms with E-state index < -0.39 is 0 Å². The van der Waals surface area contributed by atoms with Gasteiger partial charge in [-0.1, -0.05) is 18.2 Å². The molecule has 0 amide bonds. The topological polar surface area (TPSA) is 42.5 Å². The lowest BCUT2D eigenvalue weighted by Gasteiger charge is -2.24. The summed E-state index contributed by atoms with van der Waals surface area (Å²) in [5.41, 5.74) is 1.25. The van der Waals surface area contributed by atoms with Crippen LogP contribution in [0.3, 0.4) is 0 Å². The molecule has 2 N–H and O–H groups in total. The summed E-state index contributed by atoms with van der Waals surface area (Å²) >= 11 is 0. The molecule has 4 heteroatoms. The van der Waals surface area contributed by atoms with Crippen molar-refractivity contribution in [1.82, 2.24) is 10.6 Å². The lowest BCUT2D eigenvalue weighted by Crippen LogP contribution is -2.47. The van der Waals surface area contributed by atoms with Crippen molar-refractivity contribution < 1.29 is 9.47 Å². The van der Waals surface area contributed by atoms with Gasteiger partial charge in [-0.15, -0.1) is 0 Å². The molecule has 0 radical (unpaired) electrons.